The third-order valence-corrected chi connectivity index (χ3v) is 7.41. The second kappa shape index (κ2) is 10.2. The summed E-state index contributed by atoms with van der Waals surface area (Å²) in [6, 6.07) is 19.4. The molecule has 0 aliphatic carbocycles. The standard InChI is InChI=1S/C23H31N3O3S/c1-20(2)26(17-21-9-5-3-6-10-21)23(27)18-24-13-15-25(16-14-24)30(28,29)19-22-11-7-4-8-12-22/h3-12,20H,13-19H2,1-2H3/p+1. The van der Waals surface area contributed by atoms with Crippen molar-refractivity contribution in [2.24, 2.45) is 0 Å². The van der Waals surface area contributed by atoms with E-state index in [4.69, 9.17) is 0 Å². The number of hydrogen-bond donors (Lipinski definition) is 1. The number of amides is 1. The summed E-state index contributed by atoms with van der Waals surface area (Å²) < 4.78 is 27.0. The molecule has 6 nitrogen and oxygen atoms in total. The van der Waals surface area contributed by atoms with Crippen LogP contribution in [0.5, 0.6) is 0 Å². The smallest absolute Gasteiger partial charge is 0.278 e. The Morgan fingerprint density at radius 1 is 0.967 bits per heavy atom. The molecule has 0 atom stereocenters. The van der Waals surface area contributed by atoms with Gasteiger partial charge in [-0.1, -0.05) is 60.7 Å². The van der Waals surface area contributed by atoms with Crippen LogP contribution in [-0.2, 0) is 27.1 Å². The third-order valence-electron chi connectivity index (χ3n) is 5.56. The Hall–Kier alpha value is -2.22. The van der Waals surface area contributed by atoms with Crippen LogP contribution in [0.1, 0.15) is 25.0 Å². The molecule has 162 valence electrons. The van der Waals surface area contributed by atoms with Crippen molar-refractivity contribution >= 4 is 15.9 Å². The lowest BCUT2D eigenvalue weighted by atomic mass is 10.2. The first kappa shape index (κ1) is 22.5. The lowest BCUT2D eigenvalue weighted by Crippen LogP contribution is -3.15. The zero-order valence-electron chi connectivity index (χ0n) is 17.8. The molecule has 30 heavy (non-hydrogen) atoms. The van der Waals surface area contributed by atoms with Crippen molar-refractivity contribution in [1.29, 1.82) is 0 Å². The molecule has 0 unspecified atom stereocenters. The first-order valence-corrected chi connectivity index (χ1v) is 12.1. The van der Waals surface area contributed by atoms with E-state index in [-0.39, 0.29) is 17.7 Å². The Morgan fingerprint density at radius 3 is 2.03 bits per heavy atom. The van der Waals surface area contributed by atoms with Gasteiger partial charge in [0.2, 0.25) is 10.0 Å². The maximum absolute atomic E-state index is 13.0. The Labute approximate surface area is 180 Å². The van der Waals surface area contributed by atoms with Crippen molar-refractivity contribution in [2.45, 2.75) is 32.2 Å². The minimum atomic E-state index is -3.33. The molecule has 1 fully saturated rings. The Kier molecular flexibility index (Phi) is 7.64. The van der Waals surface area contributed by atoms with Crippen molar-refractivity contribution in [3.05, 3.63) is 71.8 Å². The second-order valence-electron chi connectivity index (χ2n) is 8.17. The molecule has 3 rings (SSSR count). The molecule has 1 heterocycles. The highest BCUT2D eigenvalue weighted by molar-refractivity contribution is 7.88. The molecule has 0 aromatic heterocycles. The highest BCUT2D eigenvalue weighted by Crippen LogP contribution is 2.11. The topological polar surface area (TPSA) is 62.1 Å². The number of benzene rings is 2. The van der Waals surface area contributed by atoms with Crippen molar-refractivity contribution in [3.63, 3.8) is 0 Å². The highest BCUT2D eigenvalue weighted by Gasteiger charge is 2.31. The fourth-order valence-corrected chi connectivity index (χ4v) is 5.32. The van der Waals surface area contributed by atoms with Gasteiger partial charge in [-0.2, -0.15) is 4.31 Å². The average molecular weight is 431 g/mol. The maximum atomic E-state index is 13.0. The molecular weight excluding hydrogens is 398 g/mol. The quantitative estimate of drug-likeness (QED) is 0.684. The average Bonchev–Trinajstić information content (AvgIpc) is 2.73. The van der Waals surface area contributed by atoms with Gasteiger partial charge < -0.3 is 9.80 Å². The van der Waals surface area contributed by atoms with Gasteiger partial charge >= 0.3 is 0 Å². The number of rotatable bonds is 8. The van der Waals surface area contributed by atoms with Crippen molar-refractivity contribution in [1.82, 2.24) is 9.21 Å². The predicted molar refractivity (Wildman–Crippen MR) is 118 cm³/mol. The normalized spacial score (nSPS) is 16.0. The van der Waals surface area contributed by atoms with Crippen LogP contribution < -0.4 is 4.90 Å². The largest absolute Gasteiger partial charge is 0.331 e. The van der Waals surface area contributed by atoms with E-state index in [9.17, 15) is 13.2 Å². The molecule has 0 saturated carbocycles. The molecule has 0 spiro atoms. The van der Waals surface area contributed by atoms with Crippen molar-refractivity contribution < 1.29 is 18.1 Å². The fraction of sp³-hybridized carbons (Fsp3) is 0.435. The highest BCUT2D eigenvalue weighted by atomic mass is 32.2. The van der Waals surface area contributed by atoms with Crippen LogP contribution in [0.2, 0.25) is 0 Å². The van der Waals surface area contributed by atoms with Crippen molar-refractivity contribution in [2.75, 3.05) is 32.7 Å². The lowest BCUT2D eigenvalue weighted by molar-refractivity contribution is -0.896. The predicted octanol–water partition coefficient (Wildman–Crippen LogP) is 1.15. The fourth-order valence-electron chi connectivity index (χ4n) is 3.79. The molecule has 0 radical (unpaired) electrons. The summed E-state index contributed by atoms with van der Waals surface area (Å²) >= 11 is 0. The van der Waals surface area contributed by atoms with Gasteiger partial charge in [0.25, 0.3) is 5.91 Å². The number of carbonyl (C=O) groups excluding carboxylic acids is 1. The molecule has 1 aliphatic rings. The molecule has 0 bridgehead atoms. The van der Waals surface area contributed by atoms with E-state index in [1.165, 1.54) is 0 Å². The van der Waals surface area contributed by atoms with Gasteiger partial charge in [0.1, 0.15) is 0 Å². The van der Waals surface area contributed by atoms with Gasteiger partial charge in [-0.25, -0.2) is 8.42 Å². The number of hydrogen-bond acceptors (Lipinski definition) is 3. The number of nitrogens with one attached hydrogen (secondary N) is 1. The van der Waals surface area contributed by atoms with Gasteiger partial charge in [-0.15, -0.1) is 0 Å². The lowest BCUT2D eigenvalue weighted by Gasteiger charge is -2.33. The number of carbonyl (C=O) groups is 1. The van der Waals surface area contributed by atoms with Crippen LogP contribution in [0.25, 0.3) is 0 Å². The monoisotopic (exact) mass is 430 g/mol. The number of sulfonamides is 1. The van der Waals surface area contributed by atoms with E-state index in [1.807, 2.05) is 79.4 Å². The maximum Gasteiger partial charge on any atom is 0.278 e. The third kappa shape index (κ3) is 6.14. The molecule has 2 aromatic rings. The van der Waals surface area contributed by atoms with Gasteiger partial charge in [-0.3, -0.25) is 4.79 Å². The van der Waals surface area contributed by atoms with Crippen LogP contribution in [0.4, 0.5) is 0 Å². The van der Waals surface area contributed by atoms with Crippen molar-refractivity contribution in [3.8, 4) is 0 Å². The minimum absolute atomic E-state index is 0.0281. The molecule has 1 N–H and O–H groups in total. The summed E-state index contributed by atoms with van der Waals surface area (Å²) in [4.78, 5) is 16.0. The van der Waals surface area contributed by atoms with Crippen LogP contribution in [-0.4, -0.2) is 62.3 Å². The summed E-state index contributed by atoms with van der Waals surface area (Å²) in [6.07, 6.45) is 0. The summed E-state index contributed by atoms with van der Waals surface area (Å²) in [5.74, 6) is 0.143. The van der Waals surface area contributed by atoms with E-state index in [1.54, 1.807) is 4.31 Å². The molecule has 7 heteroatoms. The minimum Gasteiger partial charge on any atom is -0.331 e. The van der Waals surface area contributed by atoms with Gasteiger partial charge in [0.15, 0.2) is 6.54 Å². The van der Waals surface area contributed by atoms with E-state index < -0.39 is 10.0 Å². The molecule has 1 aliphatic heterocycles. The van der Waals surface area contributed by atoms with Crippen LogP contribution in [0.15, 0.2) is 60.7 Å². The SMILES string of the molecule is CC(C)N(Cc1ccccc1)C(=O)C[NH+]1CCN(S(=O)(=O)Cc2ccccc2)CC1. The van der Waals surface area contributed by atoms with E-state index >= 15 is 0 Å². The van der Waals surface area contributed by atoms with Gasteiger partial charge in [0, 0.05) is 12.6 Å². The Bertz CT molecular complexity index is 909. The number of piperazine rings is 1. The first-order chi connectivity index (χ1) is 14.3. The molecule has 1 saturated heterocycles. The zero-order valence-corrected chi connectivity index (χ0v) is 18.6. The first-order valence-electron chi connectivity index (χ1n) is 10.5. The van der Waals surface area contributed by atoms with E-state index in [2.05, 4.69) is 0 Å². The summed E-state index contributed by atoms with van der Waals surface area (Å²) in [6.45, 7) is 7.28. The van der Waals surface area contributed by atoms with Crippen LogP contribution in [0, 0.1) is 0 Å². The van der Waals surface area contributed by atoms with Crippen LogP contribution >= 0.6 is 0 Å². The van der Waals surface area contributed by atoms with Gasteiger partial charge in [-0.05, 0) is 25.0 Å². The molecule has 1 amide bonds. The summed E-state index contributed by atoms with van der Waals surface area (Å²) in [5, 5.41) is 0. The summed E-state index contributed by atoms with van der Waals surface area (Å²) in [5.41, 5.74) is 1.92. The van der Waals surface area contributed by atoms with E-state index in [0.29, 0.717) is 39.3 Å². The molecule has 2 aromatic carbocycles. The summed E-state index contributed by atoms with van der Waals surface area (Å²) in [7, 11) is -3.33. The van der Waals surface area contributed by atoms with Gasteiger partial charge in [0.05, 0.1) is 31.9 Å². The van der Waals surface area contributed by atoms with E-state index in [0.717, 1.165) is 16.0 Å². The van der Waals surface area contributed by atoms with Crippen LogP contribution in [0.3, 0.4) is 0 Å². The zero-order chi connectivity index (χ0) is 21.6. The number of quaternary nitrogens is 1. The second-order valence-corrected chi connectivity index (χ2v) is 10.1. The Balaban J connectivity index is 1.53. The molecular formula is C23H32N3O3S+. The number of nitrogens with zero attached hydrogens (tertiary/aromatic N) is 2. The Morgan fingerprint density at radius 2 is 1.50 bits per heavy atom.